The van der Waals surface area contributed by atoms with Crippen LogP contribution in [-0.4, -0.2) is 17.1 Å². The maximum Gasteiger partial charge on any atom is 0.314 e. The van der Waals surface area contributed by atoms with Crippen LogP contribution >= 0.6 is 0 Å². The molecule has 3 N–H and O–H groups in total. The van der Waals surface area contributed by atoms with Crippen LogP contribution in [0.5, 0.6) is 0 Å². The van der Waals surface area contributed by atoms with Crippen LogP contribution in [0.1, 0.15) is 36.8 Å². The van der Waals surface area contributed by atoms with Gasteiger partial charge in [-0.05, 0) is 43.4 Å². The molecule has 0 aromatic heterocycles. The smallest absolute Gasteiger partial charge is 0.314 e. The number of benzene rings is 1. The Kier molecular flexibility index (Phi) is 3.40. The summed E-state index contributed by atoms with van der Waals surface area (Å²) >= 11 is 0. The van der Waals surface area contributed by atoms with Gasteiger partial charge in [0.15, 0.2) is 0 Å². The lowest BCUT2D eigenvalue weighted by Crippen LogP contribution is -2.42. The zero-order valence-corrected chi connectivity index (χ0v) is 10.2. The molecule has 0 bridgehead atoms. The summed E-state index contributed by atoms with van der Waals surface area (Å²) in [6.07, 6.45) is 8.02. The highest BCUT2D eigenvalue weighted by Gasteiger charge is 2.42. The zero-order chi connectivity index (χ0) is 13.2. The summed E-state index contributed by atoms with van der Waals surface area (Å²) in [4.78, 5) is 11.7. The minimum absolute atomic E-state index is 0.119. The van der Waals surface area contributed by atoms with Crippen molar-refractivity contribution >= 4 is 5.97 Å². The molecule has 0 aliphatic heterocycles. The van der Waals surface area contributed by atoms with Crippen LogP contribution in [0.2, 0.25) is 0 Å². The van der Waals surface area contributed by atoms with E-state index in [4.69, 9.17) is 12.2 Å². The molecule has 0 unspecified atom stereocenters. The van der Waals surface area contributed by atoms with Crippen molar-refractivity contribution in [1.29, 1.82) is 0 Å². The van der Waals surface area contributed by atoms with Crippen molar-refractivity contribution in [1.82, 2.24) is 0 Å². The third-order valence-corrected chi connectivity index (χ3v) is 3.88. The van der Waals surface area contributed by atoms with Crippen molar-refractivity contribution in [2.24, 2.45) is 5.73 Å². The van der Waals surface area contributed by atoms with Crippen molar-refractivity contribution in [3.63, 3.8) is 0 Å². The second-order valence-electron chi connectivity index (χ2n) is 4.95. The van der Waals surface area contributed by atoms with E-state index in [9.17, 15) is 9.90 Å². The van der Waals surface area contributed by atoms with E-state index in [0.29, 0.717) is 12.8 Å². The van der Waals surface area contributed by atoms with E-state index in [1.54, 1.807) is 0 Å². The number of rotatable bonds is 2. The number of carbonyl (C=O) groups is 1. The zero-order valence-electron chi connectivity index (χ0n) is 10.2. The molecule has 0 amide bonds. The molecule has 1 aliphatic carbocycles. The van der Waals surface area contributed by atoms with Crippen molar-refractivity contribution in [2.45, 2.75) is 37.1 Å². The Hall–Kier alpha value is -1.79. The van der Waals surface area contributed by atoms with Gasteiger partial charge in [-0.3, -0.25) is 4.79 Å². The summed E-state index contributed by atoms with van der Waals surface area (Å²) in [6, 6.07) is 7.42. The molecule has 0 radical (unpaired) electrons. The number of hydrogen-bond donors (Lipinski definition) is 2. The molecule has 0 heterocycles. The molecule has 0 atom stereocenters. The summed E-state index contributed by atoms with van der Waals surface area (Å²) in [7, 11) is 0. The molecule has 1 aromatic rings. The number of nitrogens with two attached hydrogens (primary N) is 1. The van der Waals surface area contributed by atoms with Crippen LogP contribution < -0.4 is 5.73 Å². The van der Waals surface area contributed by atoms with E-state index in [0.717, 1.165) is 24.0 Å². The average Bonchev–Trinajstić information content (AvgIpc) is 2.39. The topological polar surface area (TPSA) is 63.3 Å². The third kappa shape index (κ3) is 2.12. The van der Waals surface area contributed by atoms with Crippen molar-refractivity contribution in [2.75, 3.05) is 0 Å². The van der Waals surface area contributed by atoms with Crippen LogP contribution in [0.3, 0.4) is 0 Å². The van der Waals surface area contributed by atoms with Gasteiger partial charge in [-0.1, -0.05) is 18.1 Å². The lowest BCUT2D eigenvalue weighted by atomic mass is 9.68. The summed E-state index contributed by atoms with van der Waals surface area (Å²) in [5, 5.41) is 9.60. The van der Waals surface area contributed by atoms with Gasteiger partial charge in [-0.15, -0.1) is 6.42 Å². The fourth-order valence-electron chi connectivity index (χ4n) is 2.67. The van der Waals surface area contributed by atoms with E-state index in [1.165, 1.54) is 0 Å². The summed E-state index contributed by atoms with van der Waals surface area (Å²) in [5.41, 5.74) is 6.58. The normalized spacial score (nSPS) is 27.4. The monoisotopic (exact) mass is 243 g/mol. The molecule has 0 saturated heterocycles. The first-order valence-electron chi connectivity index (χ1n) is 6.14. The highest BCUT2D eigenvalue weighted by molar-refractivity contribution is 5.81. The Morgan fingerprint density at radius 1 is 1.44 bits per heavy atom. The SMILES string of the molecule is C#Cc1cccc(C2(C(=O)O)CCC(N)CC2)c1. The van der Waals surface area contributed by atoms with Crippen LogP contribution in [0, 0.1) is 12.3 Å². The number of terminal acetylenes is 1. The molecule has 3 nitrogen and oxygen atoms in total. The predicted octanol–water partition coefficient (Wildman–Crippen LogP) is 1.89. The van der Waals surface area contributed by atoms with Crippen molar-refractivity contribution in [3.8, 4) is 12.3 Å². The van der Waals surface area contributed by atoms with Crippen LogP contribution in [-0.2, 0) is 10.2 Å². The molecular weight excluding hydrogens is 226 g/mol. The molecule has 1 aromatic carbocycles. The maximum atomic E-state index is 11.7. The van der Waals surface area contributed by atoms with Gasteiger partial charge in [-0.2, -0.15) is 0 Å². The first-order chi connectivity index (χ1) is 8.58. The van der Waals surface area contributed by atoms with Gasteiger partial charge in [0, 0.05) is 11.6 Å². The molecule has 94 valence electrons. The Morgan fingerprint density at radius 3 is 2.67 bits per heavy atom. The summed E-state index contributed by atoms with van der Waals surface area (Å²) < 4.78 is 0. The minimum Gasteiger partial charge on any atom is -0.481 e. The van der Waals surface area contributed by atoms with Gasteiger partial charge >= 0.3 is 5.97 Å². The van der Waals surface area contributed by atoms with Gasteiger partial charge in [0.1, 0.15) is 0 Å². The molecule has 0 spiro atoms. The van der Waals surface area contributed by atoms with E-state index >= 15 is 0 Å². The van der Waals surface area contributed by atoms with Crippen molar-refractivity contribution in [3.05, 3.63) is 35.4 Å². The Morgan fingerprint density at radius 2 is 2.11 bits per heavy atom. The first kappa shape index (κ1) is 12.7. The van der Waals surface area contributed by atoms with Crippen LogP contribution in [0.15, 0.2) is 24.3 Å². The van der Waals surface area contributed by atoms with E-state index in [-0.39, 0.29) is 6.04 Å². The first-order valence-corrected chi connectivity index (χ1v) is 6.14. The third-order valence-electron chi connectivity index (χ3n) is 3.88. The second kappa shape index (κ2) is 4.83. The van der Waals surface area contributed by atoms with Crippen LogP contribution in [0.4, 0.5) is 0 Å². The summed E-state index contributed by atoms with van der Waals surface area (Å²) in [6.45, 7) is 0. The Balaban J connectivity index is 2.42. The number of carboxylic acids is 1. The Labute approximate surface area is 107 Å². The molecule has 1 saturated carbocycles. The molecular formula is C15H17NO2. The molecule has 1 aliphatic rings. The molecule has 3 heteroatoms. The quantitative estimate of drug-likeness (QED) is 0.780. The fourth-order valence-corrected chi connectivity index (χ4v) is 2.67. The van der Waals surface area contributed by atoms with Crippen LogP contribution in [0.25, 0.3) is 0 Å². The van der Waals surface area contributed by atoms with Gasteiger partial charge in [0.2, 0.25) is 0 Å². The van der Waals surface area contributed by atoms with Crippen molar-refractivity contribution < 1.29 is 9.90 Å². The highest BCUT2D eigenvalue weighted by Crippen LogP contribution is 2.39. The van der Waals surface area contributed by atoms with E-state index in [1.807, 2.05) is 24.3 Å². The number of hydrogen-bond acceptors (Lipinski definition) is 2. The minimum atomic E-state index is -0.817. The molecule has 1 fully saturated rings. The predicted molar refractivity (Wildman–Crippen MR) is 70.1 cm³/mol. The van der Waals surface area contributed by atoms with Gasteiger partial charge in [-0.25, -0.2) is 0 Å². The lowest BCUT2D eigenvalue weighted by molar-refractivity contribution is -0.145. The van der Waals surface area contributed by atoms with E-state index in [2.05, 4.69) is 5.92 Å². The molecule has 18 heavy (non-hydrogen) atoms. The standard InChI is InChI=1S/C15H17NO2/c1-2-11-4-3-5-12(10-11)15(14(17)18)8-6-13(16)7-9-15/h1,3-5,10,13H,6-9,16H2,(H,17,18). The highest BCUT2D eigenvalue weighted by atomic mass is 16.4. The second-order valence-corrected chi connectivity index (χ2v) is 4.95. The molecule has 2 rings (SSSR count). The number of aliphatic carboxylic acids is 1. The van der Waals surface area contributed by atoms with Gasteiger partial charge in [0.25, 0.3) is 0 Å². The van der Waals surface area contributed by atoms with E-state index < -0.39 is 11.4 Å². The van der Waals surface area contributed by atoms with Gasteiger partial charge in [0.05, 0.1) is 5.41 Å². The summed E-state index contributed by atoms with van der Waals surface area (Å²) in [5.74, 6) is 1.78. The number of carboxylic acid groups (broad SMARTS) is 1. The average molecular weight is 243 g/mol. The largest absolute Gasteiger partial charge is 0.481 e. The lowest BCUT2D eigenvalue weighted by Gasteiger charge is -2.36. The fraction of sp³-hybridized carbons (Fsp3) is 0.400. The maximum absolute atomic E-state index is 11.7. The Bertz CT molecular complexity index is 493. The van der Waals surface area contributed by atoms with Gasteiger partial charge < -0.3 is 10.8 Å².